The van der Waals surface area contributed by atoms with Gasteiger partial charge in [0.05, 0.1) is 0 Å². The summed E-state index contributed by atoms with van der Waals surface area (Å²) in [6.07, 6.45) is 10.8. The van der Waals surface area contributed by atoms with Crippen LogP contribution in [0, 0.1) is 12.8 Å². The number of rotatable bonds is 1. The lowest BCUT2D eigenvalue weighted by atomic mass is 10.4. The molecule has 1 unspecified atom stereocenters. The van der Waals surface area contributed by atoms with Gasteiger partial charge in [0.25, 0.3) is 0 Å². The van der Waals surface area contributed by atoms with E-state index in [1.165, 1.54) is 0 Å². The molecule has 0 radical (unpaired) electrons. The van der Waals surface area contributed by atoms with Crippen LogP contribution in [0.25, 0.3) is 0 Å². The summed E-state index contributed by atoms with van der Waals surface area (Å²) in [4.78, 5) is 6.59. The van der Waals surface area contributed by atoms with Crippen LogP contribution in [-0.2, 0) is 0 Å². The molecule has 3 heteroatoms. The van der Waals surface area contributed by atoms with Gasteiger partial charge in [-0.05, 0) is 6.92 Å². The SMILES string of the molecule is C#C.CC(O)c1ncc[nH]1. The molecule has 3 nitrogen and oxygen atoms in total. The first-order valence-corrected chi connectivity index (χ1v) is 2.81. The molecule has 1 aromatic heterocycles. The van der Waals surface area contributed by atoms with E-state index in [1.54, 1.807) is 19.3 Å². The molecule has 0 aromatic carbocycles. The maximum absolute atomic E-state index is 8.82. The van der Waals surface area contributed by atoms with E-state index in [0.29, 0.717) is 5.82 Å². The van der Waals surface area contributed by atoms with Gasteiger partial charge in [-0.25, -0.2) is 4.98 Å². The van der Waals surface area contributed by atoms with Crippen LogP contribution in [0.1, 0.15) is 18.9 Å². The van der Waals surface area contributed by atoms with Crippen molar-refractivity contribution in [3.05, 3.63) is 18.2 Å². The minimum atomic E-state index is -0.481. The highest BCUT2D eigenvalue weighted by molar-refractivity contribution is 4.89. The van der Waals surface area contributed by atoms with Gasteiger partial charge in [-0.1, -0.05) is 0 Å². The monoisotopic (exact) mass is 138 g/mol. The molecule has 0 amide bonds. The summed E-state index contributed by atoms with van der Waals surface area (Å²) >= 11 is 0. The van der Waals surface area contributed by atoms with Crippen LogP contribution in [0.4, 0.5) is 0 Å². The van der Waals surface area contributed by atoms with Gasteiger partial charge < -0.3 is 10.1 Å². The maximum Gasteiger partial charge on any atom is 0.134 e. The third-order valence-corrected chi connectivity index (χ3v) is 0.915. The Kier molecular flexibility index (Phi) is 4.01. The van der Waals surface area contributed by atoms with E-state index < -0.39 is 6.10 Å². The number of terminal acetylenes is 1. The van der Waals surface area contributed by atoms with Crippen LogP contribution >= 0.6 is 0 Å². The summed E-state index contributed by atoms with van der Waals surface area (Å²) in [6.45, 7) is 1.67. The Labute approximate surface area is 60.1 Å². The average Bonchev–Trinajstić information content (AvgIpc) is 2.42. The molecule has 0 saturated carbocycles. The lowest BCUT2D eigenvalue weighted by Gasteiger charge is -1.94. The van der Waals surface area contributed by atoms with Crippen LogP contribution in [0.3, 0.4) is 0 Å². The molecule has 0 spiro atoms. The molecule has 1 heterocycles. The first-order chi connectivity index (χ1) is 4.80. The van der Waals surface area contributed by atoms with Gasteiger partial charge in [-0.15, -0.1) is 12.8 Å². The van der Waals surface area contributed by atoms with Gasteiger partial charge in [-0.3, -0.25) is 0 Å². The van der Waals surface area contributed by atoms with Crippen LogP contribution in [0.5, 0.6) is 0 Å². The Bertz CT molecular complexity index is 177. The number of aromatic amines is 1. The minimum absolute atomic E-state index is 0.481. The highest BCUT2D eigenvalue weighted by Gasteiger charge is 1.98. The fraction of sp³-hybridized carbons (Fsp3) is 0.286. The third-order valence-electron chi connectivity index (χ3n) is 0.915. The molecule has 0 saturated heterocycles. The molecular weight excluding hydrogens is 128 g/mol. The molecule has 0 aliphatic rings. The number of nitrogens with zero attached hydrogens (tertiary/aromatic N) is 1. The summed E-state index contributed by atoms with van der Waals surface area (Å²) in [5, 5.41) is 8.82. The fourth-order valence-electron chi connectivity index (χ4n) is 0.506. The number of H-pyrrole nitrogens is 1. The maximum atomic E-state index is 8.82. The number of nitrogens with one attached hydrogen (secondary N) is 1. The van der Waals surface area contributed by atoms with Gasteiger partial charge in [0.15, 0.2) is 0 Å². The van der Waals surface area contributed by atoms with Gasteiger partial charge in [0.1, 0.15) is 11.9 Å². The standard InChI is InChI=1S/C5H8N2O.C2H2/c1-4(8)5-6-2-3-7-5;1-2/h2-4,8H,1H3,(H,6,7);1-2H. The van der Waals surface area contributed by atoms with Gasteiger partial charge >= 0.3 is 0 Å². The lowest BCUT2D eigenvalue weighted by molar-refractivity contribution is 0.190. The predicted molar refractivity (Wildman–Crippen MR) is 39.1 cm³/mol. The number of aliphatic hydroxyl groups excluding tert-OH is 1. The second kappa shape index (κ2) is 4.59. The minimum Gasteiger partial charge on any atom is -0.385 e. The number of hydrogen-bond acceptors (Lipinski definition) is 2. The van der Waals surface area contributed by atoms with Crippen molar-refractivity contribution in [2.75, 3.05) is 0 Å². The van der Waals surface area contributed by atoms with E-state index >= 15 is 0 Å². The number of aliphatic hydroxyl groups is 1. The van der Waals surface area contributed by atoms with E-state index in [1.807, 2.05) is 0 Å². The van der Waals surface area contributed by atoms with Crippen LogP contribution in [0.15, 0.2) is 12.4 Å². The van der Waals surface area contributed by atoms with E-state index in [0.717, 1.165) is 0 Å². The van der Waals surface area contributed by atoms with Crippen molar-refractivity contribution in [3.63, 3.8) is 0 Å². The Morgan fingerprint density at radius 3 is 2.50 bits per heavy atom. The van der Waals surface area contributed by atoms with Crippen molar-refractivity contribution < 1.29 is 5.11 Å². The summed E-state index contributed by atoms with van der Waals surface area (Å²) in [6, 6.07) is 0. The molecule has 10 heavy (non-hydrogen) atoms. The Morgan fingerprint density at radius 1 is 1.70 bits per heavy atom. The van der Waals surface area contributed by atoms with E-state index in [-0.39, 0.29) is 0 Å². The zero-order valence-corrected chi connectivity index (χ0v) is 5.78. The van der Waals surface area contributed by atoms with Gasteiger partial charge in [0.2, 0.25) is 0 Å². The van der Waals surface area contributed by atoms with Crippen molar-refractivity contribution in [1.29, 1.82) is 0 Å². The summed E-state index contributed by atoms with van der Waals surface area (Å²) in [7, 11) is 0. The van der Waals surface area contributed by atoms with Crippen LogP contribution in [-0.4, -0.2) is 15.1 Å². The van der Waals surface area contributed by atoms with Crippen molar-refractivity contribution in [1.82, 2.24) is 9.97 Å². The first kappa shape index (κ1) is 8.73. The van der Waals surface area contributed by atoms with Crippen molar-refractivity contribution in [3.8, 4) is 12.8 Å². The molecule has 2 N–H and O–H groups in total. The van der Waals surface area contributed by atoms with E-state index in [2.05, 4.69) is 22.8 Å². The second-order valence-electron chi connectivity index (χ2n) is 1.65. The Morgan fingerprint density at radius 2 is 2.30 bits per heavy atom. The highest BCUT2D eigenvalue weighted by atomic mass is 16.3. The molecular formula is C7H10N2O. The van der Waals surface area contributed by atoms with Crippen molar-refractivity contribution in [2.24, 2.45) is 0 Å². The van der Waals surface area contributed by atoms with Crippen LogP contribution < -0.4 is 0 Å². The molecule has 0 bridgehead atoms. The zero-order chi connectivity index (χ0) is 7.98. The average molecular weight is 138 g/mol. The Hall–Kier alpha value is -1.27. The highest BCUT2D eigenvalue weighted by Crippen LogP contribution is 2.01. The molecule has 1 atom stereocenters. The topological polar surface area (TPSA) is 48.9 Å². The zero-order valence-electron chi connectivity index (χ0n) is 5.78. The lowest BCUT2D eigenvalue weighted by Crippen LogP contribution is -1.91. The smallest absolute Gasteiger partial charge is 0.134 e. The Balaban J connectivity index is 0.000000371. The molecule has 1 aromatic rings. The fourth-order valence-corrected chi connectivity index (χ4v) is 0.506. The van der Waals surface area contributed by atoms with Crippen LogP contribution in [0.2, 0.25) is 0 Å². The normalized spacial score (nSPS) is 11.2. The van der Waals surface area contributed by atoms with Crippen molar-refractivity contribution in [2.45, 2.75) is 13.0 Å². The molecule has 54 valence electrons. The second-order valence-corrected chi connectivity index (χ2v) is 1.65. The largest absolute Gasteiger partial charge is 0.385 e. The molecule has 1 rings (SSSR count). The first-order valence-electron chi connectivity index (χ1n) is 2.81. The number of hydrogen-bond donors (Lipinski definition) is 2. The van der Waals surface area contributed by atoms with Gasteiger partial charge in [-0.2, -0.15) is 0 Å². The summed E-state index contributed by atoms with van der Waals surface area (Å²) in [5.41, 5.74) is 0. The number of imidazole rings is 1. The summed E-state index contributed by atoms with van der Waals surface area (Å²) in [5.74, 6) is 0.616. The molecule has 0 aliphatic carbocycles. The molecule has 0 aliphatic heterocycles. The quantitative estimate of drug-likeness (QED) is 0.561. The van der Waals surface area contributed by atoms with Gasteiger partial charge in [0, 0.05) is 12.4 Å². The molecule has 0 fully saturated rings. The number of aromatic nitrogens is 2. The van der Waals surface area contributed by atoms with E-state index in [4.69, 9.17) is 5.11 Å². The predicted octanol–water partition coefficient (Wildman–Crippen LogP) is 0.712. The summed E-state index contributed by atoms with van der Waals surface area (Å²) < 4.78 is 0. The third kappa shape index (κ3) is 2.33. The van der Waals surface area contributed by atoms with Crippen molar-refractivity contribution >= 4 is 0 Å². The van der Waals surface area contributed by atoms with E-state index in [9.17, 15) is 0 Å².